The Morgan fingerprint density at radius 3 is 2.28 bits per heavy atom. The van der Waals surface area contributed by atoms with Crippen LogP contribution in [0.5, 0.6) is 11.5 Å². The third kappa shape index (κ3) is 3.54. The van der Waals surface area contributed by atoms with Gasteiger partial charge in [-0.2, -0.15) is 0 Å². The molecule has 3 aromatic carbocycles. The van der Waals surface area contributed by atoms with Crippen molar-refractivity contribution in [2.75, 3.05) is 5.73 Å². The fourth-order valence-corrected chi connectivity index (χ4v) is 4.27. The first-order valence-electron chi connectivity index (χ1n) is 10.2. The maximum atomic E-state index is 6.21. The lowest BCUT2D eigenvalue weighted by Crippen LogP contribution is -2.00. The first kappa shape index (κ1) is 17.7. The number of rotatable bonds is 4. The van der Waals surface area contributed by atoms with Crippen molar-refractivity contribution in [1.29, 1.82) is 0 Å². The summed E-state index contributed by atoms with van der Waals surface area (Å²) in [5.74, 6) is 2.74. The fourth-order valence-electron chi connectivity index (χ4n) is 4.27. The molecule has 0 radical (unpaired) electrons. The number of hydrogen-bond acceptors (Lipinski definition) is 4. The molecule has 4 aromatic rings. The lowest BCUT2D eigenvalue weighted by molar-refractivity contribution is 0.483. The van der Waals surface area contributed by atoms with Crippen LogP contribution in [-0.4, -0.2) is 9.97 Å². The number of anilines is 1. The zero-order chi connectivity index (χ0) is 19.6. The fraction of sp³-hybridized carbons (Fsp3) is 0.200. The van der Waals surface area contributed by atoms with Gasteiger partial charge in [-0.15, -0.1) is 0 Å². The van der Waals surface area contributed by atoms with Crippen LogP contribution in [0.1, 0.15) is 37.2 Å². The highest BCUT2D eigenvalue weighted by Gasteiger charge is 2.21. The van der Waals surface area contributed by atoms with E-state index in [1.807, 2.05) is 42.5 Å². The van der Waals surface area contributed by atoms with E-state index in [1.165, 1.54) is 31.2 Å². The smallest absolute Gasteiger partial charge is 0.134 e. The molecule has 4 heteroatoms. The molecular weight excluding hydrogens is 358 g/mol. The summed E-state index contributed by atoms with van der Waals surface area (Å²) in [5.41, 5.74) is 10.8. The number of aromatic nitrogens is 2. The highest BCUT2D eigenvalue weighted by atomic mass is 16.5. The average Bonchev–Trinajstić information content (AvgIpc) is 3.30. The molecule has 4 nitrogen and oxygen atoms in total. The van der Waals surface area contributed by atoms with Gasteiger partial charge in [-0.25, -0.2) is 9.97 Å². The monoisotopic (exact) mass is 381 g/mol. The van der Waals surface area contributed by atoms with Crippen molar-refractivity contribution < 1.29 is 4.74 Å². The Morgan fingerprint density at radius 2 is 1.52 bits per heavy atom. The average molecular weight is 381 g/mol. The number of nitrogen functional groups attached to an aromatic ring is 1. The molecule has 1 aliphatic carbocycles. The van der Waals surface area contributed by atoms with Gasteiger partial charge in [-0.3, -0.25) is 0 Å². The Hall–Kier alpha value is -3.40. The topological polar surface area (TPSA) is 61.0 Å². The van der Waals surface area contributed by atoms with Crippen molar-refractivity contribution in [3.63, 3.8) is 0 Å². The Labute approximate surface area is 170 Å². The summed E-state index contributed by atoms with van der Waals surface area (Å²) in [7, 11) is 0. The summed E-state index contributed by atoms with van der Waals surface area (Å²) >= 11 is 0. The molecule has 1 aliphatic rings. The summed E-state index contributed by atoms with van der Waals surface area (Å²) < 4.78 is 5.92. The van der Waals surface area contributed by atoms with Crippen molar-refractivity contribution in [2.45, 2.75) is 31.6 Å². The molecule has 144 valence electrons. The third-order valence-corrected chi connectivity index (χ3v) is 5.76. The van der Waals surface area contributed by atoms with Crippen molar-refractivity contribution in [2.24, 2.45) is 0 Å². The van der Waals surface area contributed by atoms with Crippen LogP contribution in [0.3, 0.4) is 0 Å². The van der Waals surface area contributed by atoms with Crippen LogP contribution >= 0.6 is 0 Å². The van der Waals surface area contributed by atoms with E-state index < -0.39 is 0 Å². The first-order valence-corrected chi connectivity index (χ1v) is 10.2. The van der Waals surface area contributed by atoms with Gasteiger partial charge in [0.1, 0.15) is 23.6 Å². The number of nitrogens with zero attached hydrogens (tertiary/aromatic N) is 2. The predicted molar refractivity (Wildman–Crippen MR) is 117 cm³/mol. The quantitative estimate of drug-likeness (QED) is 0.449. The standard InChI is InChI=1S/C25H23N3O/c26-25-23-15-19(14-22(18-6-4-5-7-18)24(23)27-16-28-25)17-10-12-21(13-11-17)29-20-8-2-1-3-9-20/h1-3,8-16,18H,4-7H2,(H2,26,27,28). The van der Waals surface area contributed by atoms with Crippen molar-refractivity contribution >= 4 is 16.7 Å². The second-order valence-corrected chi connectivity index (χ2v) is 7.64. The van der Waals surface area contributed by atoms with Gasteiger partial charge in [0.25, 0.3) is 0 Å². The van der Waals surface area contributed by atoms with Crippen LogP contribution in [0.15, 0.2) is 73.1 Å². The zero-order valence-electron chi connectivity index (χ0n) is 16.2. The van der Waals surface area contributed by atoms with Gasteiger partial charge in [0.2, 0.25) is 0 Å². The molecule has 29 heavy (non-hydrogen) atoms. The molecule has 0 unspecified atom stereocenters. The minimum atomic E-state index is 0.542. The second-order valence-electron chi connectivity index (χ2n) is 7.64. The largest absolute Gasteiger partial charge is 0.457 e. The number of ether oxygens (including phenoxy) is 1. The SMILES string of the molecule is Nc1ncnc2c(C3CCCC3)cc(-c3ccc(Oc4ccccc4)cc3)cc12. The number of benzene rings is 3. The Kier molecular flexibility index (Phi) is 4.60. The predicted octanol–water partition coefficient (Wildman–Crippen LogP) is 6.33. The van der Waals surface area contributed by atoms with E-state index in [1.54, 1.807) is 6.33 Å². The Bertz CT molecular complexity index is 1130. The molecule has 5 rings (SSSR count). The summed E-state index contributed by atoms with van der Waals surface area (Å²) in [6.45, 7) is 0. The highest BCUT2D eigenvalue weighted by molar-refractivity contribution is 5.94. The highest BCUT2D eigenvalue weighted by Crippen LogP contribution is 2.40. The molecule has 0 aliphatic heterocycles. The molecule has 2 N–H and O–H groups in total. The van der Waals surface area contributed by atoms with Crippen LogP contribution in [0.4, 0.5) is 5.82 Å². The minimum absolute atomic E-state index is 0.542. The van der Waals surface area contributed by atoms with Crippen molar-refractivity contribution in [3.8, 4) is 22.6 Å². The lowest BCUT2D eigenvalue weighted by Gasteiger charge is -2.16. The Morgan fingerprint density at radius 1 is 0.793 bits per heavy atom. The number of nitrogens with two attached hydrogens (primary N) is 1. The molecule has 1 heterocycles. The molecule has 0 bridgehead atoms. The molecule has 1 saturated carbocycles. The molecular formula is C25H23N3O. The number of fused-ring (bicyclic) bond motifs is 1. The van der Waals surface area contributed by atoms with E-state index in [2.05, 4.69) is 34.2 Å². The van der Waals surface area contributed by atoms with Crippen LogP contribution in [0, 0.1) is 0 Å². The Balaban J connectivity index is 1.53. The van der Waals surface area contributed by atoms with E-state index in [9.17, 15) is 0 Å². The molecule has 1 fully saturated rings. The zero-order valence-corrected chi connectivity index (χ0v) is 16.2. The van der Waals surface area contributed by atoms with Crippen LogP contribution < -0.4 is 10.5 Å². The maximum Gasteiger partial charge on any atom is 0.134 e. The summed E-state index contributed by atoms with van der Waals surface area (Å²) in [5, 5.41) is 0.941. The molecule has 0 amide bonds. The normalized spacial score (nSPS) is 14.3. The van der Waals surface area contributed by atoms with E-state index in [0.717, 1.165) is 33.5 Å². The number of hydrogen-bond donors (Lipinski definition) is 1. The summed E-state index contributed by atoms with van der Waals surface area (Å²) in [6, 6.07) is 22.4. The van der Waals surface area contributed by atoms with Crippen LogP contribution in [-0.2, 0) is 0 Å². The van der Waals surface area contributed by atoms with Crippen molar-refractivity contribution in [3.05, 3.63) is 78.6 Å². The third-order valence-electron chi connectivity index (χ3n) is 5.76. The van der Waals surface area contributed by atoms with Gasteiger partial charge in [0.15, 0.2) is 0 Å². The van der Waals surface area contributed by atoms with Gasteiger partial charge in [-0.05, 0) is 71.8 Å². The van der Waals surface area contributed by atoms with Gasteiger partial charge in [0.05, 0.1) is 5.52 Å². The van der Waals surface area contributed by atoms with Gasteiger partial charge in [0, 0.05) is 5.39 Å². The van der Waals surface area contributed by atoms with E-state index in [0.29, 0.717) is 11.7 Å². The molecule has 0 saturated heterocycles. The van der Waals surface area contributed by atoms with Crippen LogP contribution in [0.2, 0.25) is 0 Å². The van der Waals surface area contributed by atoms with Gasteiger partial charge in [-0.1, -0.05) is 43.2 Å². The first-order chi connectivity index (χ1) is 14.3. The van der Waals surface area contributed by atoms with E-state index >= 15 is 0 Å². The second kappa shape index (κ2) is 7.55. The molecule has 1 aromatic heterocycles. The molecule has 0 atom stereocenters. The van der Waals surface area contributed by atoms with E-state index in [4.69, 9.17) is 10.5 Å². The summed E-state index contributed by atoms with van der Waals surface area (Å²) in [6.07, 6.45) is 6.56. The van der Waals surface area contributed by atoms with Crippen molar-refractivity contribution in [1.82, 2.24) is 9.97 Å². The maximum absolute atomic E-state index is 6.21. The van der Waals surface area contributed by atoms with Gasteiger partial charge >= 0.3 is 0 Å². The minimum Gasteiger partial charge on any atom is -0.457 e. The van der Waals surface area contributed by atoms with Crippen LogP contribution in [0.25, 0.3) is 22.0 Å². The number of para-hydroxylation sites is 1. The summed E-state index contributed by atoms with van der Waals surface area (Å²) in [4.78, 5) is 8.79. The van der Waals surface area contributed by atoms with E-state index in [-0.39, 0.29) is 0 Å². The lowest BCUT2D eigenvalue weighted by atomic mass is 9.91. The molecule has 0 spiro atoms. The van der Waals surface area contributed by atoms with Gasteiger partial charge < -0.3 is 10.5 Å².